The summed E-state index contributed by atoms with van der Waals surface area (Å²) < 4.78 is 0. The molecule has 0 aliphatic heterocycles. The summed E-state index contributed by atoms with van der Waals surface area (Å²) in [6, 6.07) is -1.08. The Labute approximate surface area is 110 Å². The molecule has 0 saturated carbocycles. The van der Waals surface area contributed by atoms with Crippen molar-refractivity contribution in [2.24, 2.45) is 11.8 Å². The highest BCUT2D eigenvalue weighted by Crippen LogP contribution is 2.10. The molecule has 18 heavy (non-hydrogen) atoms. The molecule has 0 radical (unpaired) electrons. The number of carboxylic acids is 1. The van der Waals surface area contributed by atoms with Gasteiger partial charge in [0, 0.05) is 13.1 Å². The number of carbonyl (C=O) groups is 2. The van der Waals surface area contributed by atoms with Crippen LogP contribution >= 0.6 is 0 Å². The highest BCUT2D eigenvalue weighted by atomic mass is 16.4. The first-order valence-electron chi connectivity index (χ1n) is 6.42. The van der Waals surface area contributed by atoms with Crippen LogP contribution in [0.1, 0.15) is 41.0 Å². The minimum Gasteiger partial charge on any atom is -0.480 e. The molecular weight excluding hydrogens is 232 g/mol. The number of hydrogen-bond donors (Lipinski definition) is 2. The average Bonchev–Trinajstić information content (AvgIpc) is 2.22. The van der Waals surface area contributed by atoms with Crippen molar-refractivity contribution >= 4 is 12.0 Å². The fourth-order valence-electron chi connectivity index (χ4n) is 1.79. The van der Waals surface area contributed by atoms with E-state index in [9.17, 15) is 9.59 Å². The van der Waals surface area contributed by atoms with E-state index in [-0.39, 0.29) is 18.0 Å². The molecule has 5 nitrogen and oxygen atoms in total. The van der Waals surface area contributed by atoms with Gasteiger partial charge in [-0.05, 0) is 25.2 Å². The number of rotatable bonds is 6. The Kier molecular flexibility index (Phi) is 6.73. The summed E-state index contributed by atoms with van der Waals surface area (Å²) >= 11 is 0. The van der Waals surface area contributed by atoms with Crippen molar-refractivity contribution in [1.82, 2.24) is 10.2 Å². The summed E-state index contributed by atoms with van der Waals surface area (Å²) in [4.78, 5) is 24.5. The normalized spacial score (nSPS) is 14.4. The van der Waals surface area contributed by atoms with E-state index in [1.54, 1.807) is 25.8 Å². The number of carbonyl (C=O) groups excluding carboxylic acids is 1. The van der Waals surface area contributed by atoms with Gasteiger partial charge in [-0.1, -0.05) is 27.7 Å². The van der Waals surface area contributed by atoms with Crippen molar-refractivity contribution in [3.8, 4) is 0 Å². The number of nitrogens with zero attached hydrogens (tertiary/aromatic N) is 1. The third-order valence-corrected chi connectivity index (χ3v) is 3.01. The van der Waals surface area contributed by atoms with Crippen molar-refractivity contribution < 1.29 is 14.7 Å². The molecular formula is C13H26N2O3. The van der Waals surface area contributed by atoms with Gasteiger partial charge in [0.25, 0.3) is 0 Å². The van der Waals surface area contributed by atoms with E-state index < -0.39 is 12.0 Å². The van der Waals surface area contributed by atoms with Crippen LogP contribution in [0.4, 0.5) is 4.79 Å². The third kappa shape index (κ3) is 5.38. The molecule has 5 heteroatoms. The monoisotopic (exact) mass is 258 g/mol. The van der Waals surface area contributed by atoms with Crippen LogP contribution in [0.3, 0.4) is 0 Å². The number of aliphatic carboxylic acids is 1. The van der Waals surface area contributed by atoms with Gasteiger partial charge in [-0.25, -0.2) is 9.59 Å². The molecule has 0 rings (SSSR count). The van der Waals surface area contributed by atoms with Crippen LogP contribution in [-0.2, 0) is 4.79 Å². The van der Waals surface area contributed by atoms with Gasteiger partial charge in [-0.15, -0.1) is 0 Å². The number of hydrogen-bond acceptors (Lipinski definition) is 2. The summed E-state index contributed by atoms with van der Waals surface area (Å²) in [5.74, 6) is -0.640. The highest BCUT2D eigenvalue weighted by molar-refractivity contribution is 5.82. The van der Waals surface area contributed by atoms with Gasteiger partial charge in [0.05, 0.1) is 0 Å². The summed E-state index contributed by atoms with van der Waals surface area (Å²) in [5, 5.41) is 11.6. The van der Waals surface area contributed by atoms with Crippen molar-refractivity contribution in [2.75, 3.05) is 7.05 Å². The fourth-order valence-corrected chi connectivity index (χ4v) is 1.79. The first-order valence-corrected chi connectivity index (χ1v) is 6.42. The van der Waals surface area contributed by atoms with Gasteiger partial charge < -0.3 is 15.3 Å². The summed E-state index contributed by atoms with van der Waals surface area (Å²) in [6.07, 6.45) is 0.892. The van der Waals surface area contributed by atoms with Crippen molar-refractivity contribution in [3.05, 3.63) is 0 Å². The second kappa shape index (κ2) is 7.24. The molecule has 0 spiro atoms. The average molecular weight is 258 g/mol. The van der Waals surface area contributed by atoms with Crippen LogP contribution in [0.15, 0.2) is 0 Å². The van der Waals surface area contributed by atoms with E-state index in [0.717, 1.165) is 6.42 Å². The molecule has 2 amide bonds. The molecule has 1 unspecified atom stereocenters. The summed E-state index contributed by atoms with van der Waals surface area (Å²) in [5.41, 5.74) is 0. The molecule has 2 atom stereocenters. The SMILES string of the molecule is CC(C)CC(C)N(C)C(=O)N[C@H](C(=O)O)C(C)C. The number of amides is 2. The van der Waals surface area contributed by atoms with Gasteiger partial charge in [0.15, 0.2) is 0 Å². The number of carboxylic acid groups (broad SMARTS) is 1. The zero-order chi connectivity index (χ0) is 14.5. The maximum absolute atomic E-state index is 11.9. The van der Waals surface area contributed by atoms with Gasteiger partial charge in [0.1, 0.15) is 6.04 Å². The molecule has 106 valence electrons. The number of nitrogens with one attached hydrogen (secondary N) is 1. The largest absolute Gasteiger partial charge is 0.480 e. The first-order chi connectivity index (χ1) is 8.16. The molecule has 0 aromatic carbocycles. The maximum Gasteiger partial charge on any atom is 0.326 e. The third-order valence-electron chi connectivity index (χ3n) is 3.01. The minimum atomic E-state index is -0.997. The van der Waals surface area contributed by atoms with Crippen LogP contribution in [-0.4, -0.2) is 41.1 Å². The lowest BCUT2D eigenvalue weighted by Crippen LogP contribution is -2.51. The summed E-state index contributed by atoms with van der Waals surface area (Å²) in [6.45, 7) is 9.70. The van der Waals surface area contributed by atoms with Crippen LogP contribution in [0.5, 0.6) is 0 Å². The quantitative estimate of drug-likeness (QED) is 0.767. The molecule has 0 saturated heterocycles. The van der Waals surface area contributed by atoms with E-state index in [4.69, 9.17) is 5.11 Å². The second-order valence-electron chi connectivity index (χ2n) is 5.60. The Morgan fingerprint density at radius 1 is 1.17 bits per heavy atom. The highest BCUT2D eigenvalue weighted by Gasteiger charge is 2.26. The Bertz CT molecular complexity index is 290. The van der Waals surface area contributed by atoms with Crippen LogP contribution in [0.25, 0.3) is 0 Å². The number of urea groups is 1. The predicted molar refractivity (Wildman–Crippen MR) is 71.5 cm³/mol. The Morgan fingerprint density at radius 2 is 1.67 bits per heavy atom. The molecule has 0 aliphatic carbocycles. The molecule has 0 bridgehead atoms. The molecule has 0 aromatic rings. The van der Waals surface area contributed by atoms with E-state index in [0.29, 0.717) is 5.92 Å². The van der Waals surface area contributed by atoms with Gasteiger partial charge >= 0.3 is 12.0 Å². The van der Waals surface area contributed by atoms with Crippen molar-refractivity contribution in [3.63, 3.8) is 0 Å². The lowest BCUT2D eigenvalue weighted by atomic mass is 10.0. The van der Waals surface area contributed by atoms with Crippen LogP contribution in [0.2, 0.25) is 0 Å². The smallest absolute Gasteiger partial charge is 0.326 e. The van der Waals surface area contributed by atoms with Gasteiger partial charge in [0.2, 0.25) is 0 Å². The second-order valence-corrected chi connectivity index (χ2v) is 5.60. The first kappa shape index (κ1) is 16.7. The van der Waals surface area contributed by atoms with Crippen molar-refractivity contribution in [2.45, 2.75) is 53.1 Å². The topological polar surface area (TPSA) is 69.6 Å². The van der Waals surface area contributed by atoms with Gasteiger partial charge in [-0.3, -0.25) is 0 Å². The lowest BCUT2D eigenvalue weighted by Gasteiger charge is -2.28. The maximum atomic E-state index is 11.9. The van der Waals surface area contributed by atoms with Crippen molar-refractivity contribution in [1.29, 1.82) is 0 Å². The molecule has 0 aromatic heterocycles. The Morgan fingerprint density at radius 3 is 2.00 bits per heavy atom. The predicted octanol–water partition coefficient (Wildman–Crippen LogP) is 2.17. The Balaban J connectivity index is 4.50. The molecule has 0 heterocycles. The van der Waals surface area contributed by atoms with E-state index in [1.165, 1.54) is 0 Å². The minimum absolute atomic E-state index is 0.0895. The van der Waals surface area contributed by atoms with Crippen LogP contribution < -0.4 is 5.32 Å². The van der Waals surface area contributed by atoms with E-state index in [1.807, 2.05) is 6.92 Å². The van der Waals surface area contributed by atoms with Gasteiger partial charge in [-0.2, -0.15) is 0 Å². The fraction of sp³-hybridized carbons (Fsp3) is 0.846. The van der Waals surface area contributed by atoms with E-state index in [2.05, 4.69) is 19.2 Å². The molecule has 0 aliphatic rings. The van der Waals surface area contributed by atoms with E-state index >= 15 is 0 Å². The zero-order valence-electron chi connectivity index (χ0n) is 12.2. The zero-order valence-corrected chi connectivity index (χ0v) is 12.2. The summed E-state index contributed by atoms with van der Waals surface area (Å²) in [7, 11) is 1.70. The lowest BCUT2D eigenvalue weighted by molar-refractivity contribution is -0.140. The van der Waals surface area contributed by atoms with Crippen LogP contribution in [0, 0.1) is 11.8 Å². The standard InChI is InChI=1S/C13H26N2O3/c1-8(2)7-10(5)15(6)13(18)14-11(9(3)4)12(16)17/h8-11H,7H2,1-6H3,(H,14,18)(H,16,17)/t10?,11-/m0/s1. The Hall–Kier alpha value is -1.26. The molecule has 2 N–H and O–H groups in total. The molecule has 0 fully saturated rings.